The second-order valence-corrected chi connectivity index (χ2v) is 3.18. The number of para-hydroxylation sites is 1. The lowest BCUT2D eigenvalue weighted by molar-refractivity contribution is -0.115. The van der Waals surface area contributed by atoms with Gasteiger partial charge in [0.05, 0.1) is 6.42 Å². The highest BCUT2D eigenvalue weighted by atomic mass is 19.4. The molecule has 0 spiro atoms. The zero-order chi connectivity index (χ0) is 10.3. The SMILES string of the molecule is O=C1Cc2cccc([B-](F)(F)F)c2N1. The van der Waals surface area contributed by atoms with E-state index in [4.69, 9.17) is 0 Å². The van der Waals surface area contributed by atoms with E-state index in [0.29, 0.717) is 5.56 Å². The van der Waals surface area contributed by atoms with E-state index >= 15 is 0 Å². The van der Waals surface area contributed by atoms with E-state index in [-0.39, 0.29) is 18.0 Å². The molecule has 2 nitrogen and oxygen atoms in total. The van der Waals surface area contributed by atoms with Gasteiger partial charge >= 0.3 is 6.98 Å². The van der Waals surface area contributed by atoms with Crippen LogP contribution in [0.4, 0.5) is 18.6 Å². The Kier molecular flexibility index (Phi) is 1.80. The highest BCUT2D eigenvalue weighted by Crippen LogP contribution is 2.24. The summed E-state index contributed by atoms with van der Waals surface area (Å²) in [5.74, 6) is -0.382. The van der Waals surface area contributed by atoms with Crippen LogP contribution < -0.4 is 10.8 Å². The first kappa shape index (κ1) is 9.11. The van der Waals surface area contributed by atoms with Crippen molar-refractivity contribution in [1.29, 1.82) is 0 Å². The molecule has 0 radical (unpaired) electrons. The molecule has 0 fully saturated rings. The van der Waals surface area contributed by atoms with Crippen molar-refractivity contribution in [2.45, 2.75) is 6.42 Å². The second kappa shape index (κ2) is 2.77. The van der Waals surface area contributed by atoms with Crippen molar-refractivity contribution in [1.82, 2.24) is 0 Å². The molecular formula is C8H6BF3NO-. The minimum Gasteiger partial charge on any atom is -0.445 e. The minimum absolute atomic E-state index is 0.0370. The van der Waals surface area contributed by atoms with Gasteiger partial charge < -0.3 is 18.3 Å². The lowest BCUT2D eigenvalue weighted by Crippen LogP contribution is -2.36. The molecule has 0 unspecified atom stereocenters. The molecule has 2 rings (SSSR count). The predicted molar refractivity (Wildman–Crippen MR) is 47.5 cm³/mol. The molecular weight excluding hydrogens is 194 g/mol. The number of nitrogens with one attached hydrogen (secondary N) is 1. The number of carbonyl (C=O) groups is 1. The number of hydrogen-bond acceptors (Lipinski definition) is 1. The first-order valence-electron chi connectivity index (χ1n) is 4.10. The van der Waals surface area contributed by atoms with Crippen LogP contribution in [0.15, 0.2) is 18.2 Å². The first-order valence-corrected chi connectivity index (χ1v) is 4.10. The van der Waals surface area contributed by atoms with Gasteiger partial charge in [-0.05, 0) is 5.56 Å². The van der Waals surface area contributed by atoms with E-state index in [2.05, 4.69) is 5.32 Å². The lowest BCUT2D eigenvalue weighted by Gasteiger charge is -2.18. The van der Waals surface area contributed by atoms with Crippen molar-refractivity contribution in [3.63, 3.8) is 0 Å². The largest absolute Gasteiger partial charge is 0.511 e. The molecule has 0 aromatic heterocycles. The van der Waals surface area contributed by atoms with Crippen molar-refractivity contribution in [3.8, 4) is 0 Å². The van der Waals surface area contributed by atoms with Crippen molar-refractivity contribution in [3.05, 3.63) is 23.8 Å². The third-order valence-electron chi connectivity index (χ3n) is 2.15. The Morgan fingerprint density at radius 3 is 2.64 bits per heavy atom. The van der Waals surface area contributed by atoms with E-state index in [1.165, 1.54) is 12.1 Å². The fraction of sp³-hybridized carbons (Fsp3) is 0.125. The van der Waals surface area contributed by atoms with Gasteiger partial charge in [-0.25, -0.2) is 0 Å². The van der Waals surface area contributed by atoms with Crippen LogP contribution >= 0.6 is 0 Å². The number of carbonyl (C=O) groups excluding carboxylic acids is 1. The number of benzene rings is 1. The molecule has 1 aliphatic rings. The number of rotatable bonds is 1. The van der Waals surface area contributed by atoms with Gasteiger partial charge in [-0.15, -0.1) is 0 Å². The summed E-state index contributed by atoms with van der Waals surface area (Å²) in [5, 5.41) is 2.23. The van der Waals surface area contributed by atoms with Gasteiger partial charge in [-0.3, -0.25) is 4.79 Å². The van der Waals surface area contributed by atoms with Crippen LogP contribution in [0.1, 0.15) is 5.56 Å². The number of halogens is 3. The number of hydrogen-bond donors (Lipinski definition) is 1. The summed E-state index contributed by atoms with van der Waals surface area (Å²) in [4.78, 5) is 10.9. The van der Waals surface area contributed by atoms with Crippen LogP contribution in [0.3, 0.4) is 0 Å². The van der Waals surface area contributed by atoms with Crippen LogP contribution in [0.5, 0.6) is 0 Å². The van der Waals surface area contributed by atoms with Gasteiger partial charge in [0.1, 0.15) is 0 Å². The Morgan fingerprint density at radius 2 is 2.00 bits per heavy atom. The molecule has 74 valence electrons. The molecule has 0 saturated carbocycles. The molecule has 0 saturated heterocycles. The predicted octanol–water partition coefficient (Wildman–Crippen LogP) is 1.24. The molecule has 6 heteroatoms. The molecule has 0 bridgehead atoms. The summed E-state index contributed by atoms with van der Waals surface area (Å²) in [7, 11) is 0. The van der Waals surface area contributed by atoms with Crippen LogP contribution in [0.2, 0.25) is 0 Å². The molecule has 1 heterocycles. The maximum atomic E-state index is 12.5. The van der Waals surface area contributed by atoms with Crippen molar-refractivity contribution < 1.29 is 17.7 Å². The fourth-order valence-corrected chi connectivity index (χ4v) is 1.55. The van der Waals surface area contributed by atoms with Gasteiger partial charge in [0, 0.05) is 5.69 Å². The molecule has 0 atom stereocenters. The zero-order valence-electron chi connectivity index (χ0n) is 7.06. The molecule has 1 N–H and O–H groups in total. The Balaban J connectivity index is 2.55. The van der Waals surface area contributed by atoms with Gasteiger partial charge in [-0.2, -0.15) is 0 Å². The van der Waals surface area contributed by atoms with E-state index in [9.17, 15) is 17.7 Å². The van der Waals surface area contributed by atoms with E-state index in [1.54, 1.807) is 0 Å². The highest BCUT2D eigenvalue weighted by molar-refractivity contribution is 6.75. The minimum atomic E-state index is -5.05. The average Bonchev–Trinajstić information content (AvgIpc) is 2.41. The fourth-order valence-electron chi connectivity index (χ4n) is 1.55. The van der Waals surface area contributed by atoms with Gasteiger partial charge in [0.25, 0.3) is 0 Å². The Bertz CT molecular complexity index is 402. The molecule has 0 aliphatic carbocycles. The molecule has 1 aromatic carbocycles. The maximum Gasteiger partial charge on any atom is 0.511 e. The smallest absolute Gasteiger partial charge is 0.445 e. The van der Waals surface area contributed by atoms with E-state index in [0.717, 1.165) is 6.07 Å². The number of amides is 1. The van der Waals surface area contributed by atoms with E-state index in [1.807, 2.05) is 0 Å². The summed E-state index contributed by atoms with van der Waals surface area (Å²) >= 11 is 0. The molecule has 1 aliphatic heterocycles. The maximum absolute atomic E-state index is 12.5. The standard InChI is InChI=1S/C8H6BF3NO/c10-9(11,12)6-3-1-2-5-4-7(14)13-8(5)6/h1-3H,4H2,(H,13,14)/q-1. The molecule has 14 heavy (non-hydrogen) atoms. The van der Waals surface area contributed by atoms with Crippen LogP contribution in [0, 0.1) is 0 Å². The third-order valence-corrected chi connectivity index (χ3v) is 2.15. The Morgan fingerprint density at radius 1 is 1.29 bits per heavy atom. The lowest BCUT2D eigenvalue weighted by atomic mass is 9.78. The van der Waals surface area contributed by atoms with E-state index < -0.39 is 12.4 Å². The van der Waals surface area contributed by atoms with Crippen LogP contribution in [0.25, 0.3) is 0 Å². The monoisotopic (exact) mass is 200 g/mol. The van der Waals surface area contributed by atoms with Crippen molar-refractivity contribution in [2.24, 2.45) is 0 Å². The third kappa shape index (κ3) is 1.36. The number of anilines is 1. The van der Waals surface area contributed by atoms with Crippen molar-refractivity contribution in [2.75, 3.05) is 5.32 Å². The van der Waals surface area contributed by atoms with Gasteiger partial charge in [0.2, 0.25) is 5.91 Å². The Hall–Kier alpha value is -1.46. The van der Waals surface area contributed by atoms with Crippen LogP contribution in [-0.4, -0.2) is 12.9 Å². The van der Waals surface area contributed by atoms with Crippen molar-refractivity contribution >= 4 is 24.0 Å². The summed E-state index contributed by atoms with van der Waals surface area (Å²) in [5.41, 5.74) is -0.356. The normalized spacial score (nSPS) is 15.2. The average molecular weight is 200 g/mol. The highest BCUT2D eigenvalue weighted by Gasteiger charge is 2.32. The second-order valence-electron chi connectivity index (χ2n) is 3.18. The summed E-state index contributed by atoms with van der Waals surface area (Å²) in [6.07, 6.45) is 0.0370. The summed E-state index contributed by atoms with van der Waals surface area (Å²) in [6.45, 7) is -5.05. The molecule has 1 aromatic rings. The quantitative estimate of drug-likeness (QED) is 0.678. The van der Waals surface area contributed by atoms with Gasteiger partial charge in [0.15, 0.2) is 0 Å². The number of fused-ring (bicyclic) bond motifs is 1. The Labute approximate surface area is 78.2 Å². The summed E-state index contributed by atoms with van der Waals surface area (Å²) in [6, 6.07) is 3.84. The zero-order valence-corrected chi connectivity index (χ0v) is 7.06. The molecule has 1 amide bonds. The van der Waals surface area contributed by atoms with Gasteiger partial charge in [-0.1, -0.05) is 23.7 Å². The summed E-state index contributed by atoms with van der Waals surface area (Å²) < 4.78 is 37.4. The topological polar surface area (TPSA) is 29.1 Å². The first-order chi connectivity index (χ1) is 6.48. The van der Waals surface area contributed by atoms with Crippen LogP contribution in [-0.2, 0) is 11.2 Å².